The highest BCUT2D eigenvalue weighted by atomic mass is 32.2. The van der Waals surface area contributed by atoms with Crippen molar-refractivity contribution in [3.8, 4) is 11.8 Å². The Bertz CT molecular complexity index is 1400. The van der Waals surface area contributed by atoms with Crippen molar-refractivity contribution in [3.05, 3.63) is 99.9 Å². The second-order valence-corrected chi connectivity index (χ2v) is 12.7. The van der Waals surface area contributed by atoms with Crippen molar-refractivity contribution in [2.45, 2.75) is 75.0 Å². The molecule has 0 heterocycles. The van der Waals surface area contributed by atoms with E-state index < -0.39 is 6.10 Å². The Hall–Kier alpha value is -3.07. The summed E-state index contributed by atoms with van der Waals surface area (Å²) >= 11 is 1.73. The van der Waals surface area contributed by atoms with E-state index in [1.54, 1.807) is 35.8 Å². The van der Waals surface area contributed by atoms with Crippen LogP contribution < -0.4 is 0 Å². The summed E-state index contributed by atoms with van der Waals surface area (Å²) < 4.78 is 13.4. The third-order valence-electron chi connectivity index (χ3n) is 7.83. The number of carbonyl (C=O) groups is 1. The average Bonchev–Trinajstić information content (AvgIpc) is 2.93. The van der Waals surface area contributed by atoms with Gasteiger partial charge in [-0.25, -0.2) is 4.39 Å². The zero-order valence-corrected chi connectivity index (χ0v) is 24.6. The van der Waals surface area contributed by atoms with Gasteiger partial charge in [-0.3, -0.25) is 4.79 Å². The zero-order chi connectivity index (χ0) is 28.4. The molecule has 1 amide bonds. The molecule has 1 atom stereocenters. The lowest BCUT2D eigenvalue weighted by atomic mass is 9.63. The van der Waals surface area contributed by atoms with Crippen LogP contribution in [-0.2, 0) is 16.6 Å². The first-order valence-electron chi connectivity index (χ1n) is 13.5. The van der Waals surface area contributed by atoms with Gasteiger partial charge in [-0.15, -0.1) is 11.8 Å². The molecular weight excluding hydrogens is 505 g/mol. The summed E-state index contributed by atoms with van der Waals surface area (Å²) in [6.07, 6.45) is 1.21. The first-order valence-corrected chi connectivity index (χ1v) is 14.5. The fraction of sp³-hybridized carbons (Fsp3) is 0.382. The van der Waals surface area contributed by atoms with Crippen LogP contribution in [0.4, 0.5) is 4.39 Å². The highest BCUT2D eigenvalue weighted by Crippen LogP contribution is 2.50. The first kappa shape index (κ1) is 28.9. The van der Waals surface area contributed by atoms with E-state index in [1.807, 2.05) is 31.2 Å². The smallest absolute Gasteiger partial charge is 0.253 e. The number of aliphatic hydroxyl groups excluding tert-OH is 1. The van der Waals surface area contributed by atoms with Crippen LogP contribution in [0.25, 0.3) is 0 Å². The standard InChI is InChI=1S/C34H38FNO2S/c1-7-36(6)32(38)25-13-8-23(9-14-25)12-17-29(37)26-20-28-31(34(4,5)19-18-33(28,2)3)30(21-26)39-22-24-10-15-27(35)16-11-24/h8-11,13-16,20-21,29,37H,7,18-19,22H2,1-6H3. The lowest BCUT2D eigenvalue weighted by Gasteiger charge is -2.43. The molecule has 3 aromatic rings. The van der Waals surface area contributed by atoms with Crippen LogP contribution in [0, 0.1) is 17.7 Å². The number of amides is 1. The maximum Gasteiger partial charge on any atom is 0.253 e. The zero-order valence-electron chi connectivity index (χ0n) is 23.8. The van der Waals surface area contributed by atoms with Gasteiger partial charge in [0.1, 0.15) is 11.9 Å². The lowest BCUT2D eigenvalue weighted by molar-refractivity contribution is 0.0802. The van der Waals surface area contributed by atoms with Crippen LogP contribution in [0.1, 0.15) is 91.7 Å². The Morgan fingerprint density at radius 1 is 1.03 bits per heavy atom. The molecule has 39 heavy (non-hydrogen) atoms. The number of halogens is 1. The number of carbonyl (C=O) groups excluding carboxylic acids is 1. The number of fused-ring (bicyclic) bond motifs is 1. The van der Waals surface area contributed by atoms with Crippen molar-refractivity contribution in [1.82, 2.24) is 4.90 Å². The Kier molecular flexibility index (Phi) is 8.59. The Morgan fingerprint density at radius 2 is 1.67 bits per heavy atom. The summed E-state index contributed by atoms with van der Waals surface area (Å²) in [5.41, 5.74) is 5.80. The van der Waals surface area contributed by atoms with Crippen LogP contribution in [0.3, 0.4) is 0 Å². The number of rotatable bonds is 6. The van der Waals surface area contributed by atoms with E-state index in [2.05, 4.69) is 51.7 Å². The quantitative estimate of drug-likeness (QED) is 0.257. The largest absolute Gasteiger partial charge is 0.376 e. The summed E-state index contributed by atoms with van der Waals surface area (Å²) in [5.74, 6) is 6.56. The molecule has 0 radical (unpaired) electrons. The average molecular weight is 544 g/mol. The minimum absolute atomic E-state index is 0.0101. The fourth-order valence-electron chi connectivity index (χ4n) is 5.06. The monoisotopic (exact) mass is 543 g/mol. The van der Waals surface area contributed by atoms with Crippen LogP contribution in [0.15, 0.2) is 65.6 Å². The molecule has 0 saturated carbocycles. The van der Waals surface area contributed by atoms with Crippen molar-refractivity contribution in [3.63, 3.8) is 0 Å². The number of nitrogens with zero attached hydrogens (tertiary/aromatic N) is 1. The maximum atomic E-state index is 13.4. The van der Waals surface area contributed by atoms with Crippen molar-refractivity contribution in [2.75, 3.05) is 13.6 Å². The predicted molar refractivity (Wildman–Crippen MR) is 159 cm³/mol. The Balaban J connectivity index is 1.66. The van der Waals surface area contributed by atoms with E-state index in [4.69, 9.17) is 0 Å². The molecule has 5 heteroatoms. The van der Waals surface area contributed by atoms with Crippen LogP contribution in [0.2, 0.25) is 0 Å². The number of hydrogen-bond donors (Lipinski definition) is 1. The maximum absolute atomic E-state index is 13.4. The minimum Gasteiger partial charge on any atom is -0.376 e. The molecule has 1 N–H and O–H groups in total. The molecule has 0 aromatic heterocycles. The molecule has 204 valence electrons. The van der Waals surface area contributed by atoms with Gasteiger partial charge in [-0.2, -0.15) is 0 Å². The molecule has 1 aliphatic carbocycles. The van der Waals surface area contributed by atoms with Gasteiger partial charge in [0.2, 0.25) is 0 Å². The van der Waals surface area contributed by atoms with E-state index in [0.29, 0.717) is 17.9 Å². The van der Waals surface area contributed by atoms with Crippen LogP contribution >= 0.6 is 11.8 Å². The molecule has 0 spiro atoms. The molecule has 0 bridgehead atoms. The van der Waals surface area contributed by atoms with Crippen molar-refractivity contribution in [2.24, 2.45) is 0 Å². The van der Waals surface area contributed by atoms with Gasteiger partial charge < -0.3 is 10.0 Å². The van der Waals surface area contributed by atoms with Crippen LogP contribution in [0.5, 0.6) is 0 Å². The molecule has 0 saturated heterocycles. The van der Waals surface area contributed by atoms with Gasteiger partial charge in [0.25, 0.3) is 5.91 Å². The summed E-state index contributed by atoms with van der Waals surface area (Å²) in [4.78, 5) is 15.2. The van der Waals surface area contributed by atoms with Gasteiger partial charge in [0.15, 0.2) is 0 Å². The second kappa shape index (κ2) is 11.6. The molecule has 4 rings (SSSR count). The fourth-order valence-corrected chi connectivity index (χ4v) is 6.33. The van der Waals surface area contributed by atoms with E-state index >= 15 is 0 Å². The molecule has 1 unspecified atom stereocenters. The Labute approximate surface area is 236 Å². The third kappa shape index (κ3) is 6.57. The number of hydrogen-bond acceptors (Lipinski definition) is 3. The molecule has 3 aromatic carbocycles. The molecule has 0 fully saturated rings. The molecule has 3 nitrogen and oxygen atoms in total. The highest BCUT2D eigenvalue weighted by molar-refractivity contribution is 7.98. The summed E-state index contributed by atoms with van der Waals surface area (Å²) in [6, 6.07) is 18.1. The van der Waals surface area contributed by atoms with Gasteiger partial charge in [-0.05, 0) is 95.3 Å². The number of thioether (sulfide) groups is 1. The van der Waals surface area contributed by atoms with E-state index in [0.717, 1.165) is 34.4 Å². The summed E-state index contributed by atoms with van der Waals surface area (Å²) in [5, 5.41) is 11.2. The van der Waals surface area contributed by atoms with Gasteiger partial charge in [0.05, 0.1) is 0 Å². The third-order valence-corrected chi connectivity index (χ3v) is 8.95. The van der Waals surface area contributed by atoms with E-state index in [9.17, 15) is 14.3 Å². The van der Waals surface area contributed by atoms with E-state index in [-0.39, 0.29) is 22.6 Å². The summed E-state index contributed by atoms with van der Waals surface area (Å²) in [6.45, 7) is 11.7. The van der Waals surface area contributed by atoms with Crippen LogP contribution in [-0.4, -0.2) is 29.5 Å². The summed E-state index contributed by atoms with van der Waals surface area (Å²) in [7, 11) is 1.78. The number of benzene rings is 3. The normalized spacial score (nSPS) is 16.0. The van der Waals surface area contributed by atoms with Crippen molar-refractivity contribution >= 4 is 17.7 Å². The second-order valence-electron chi connectivity index (χ2n) is 11.7. The SMILES string of the molecule is CCN(C)C(=O)c1ccc(C#CC(O)c2cc(SCc3ccc(F)cc3)c3c(c2)C(C)(C)CCC3(C)C)cc1. The molecular formula is C34H38FNO2S. The molecule has 1 aliphatic rings. The van der Waals surface area contributed by atoms with Gasteiger partial charge >= 0.3 is 0 Å². The number of aliphatic hydroxyl groups is 1. The predicted octanol–water partition coefficient (Wildman–Crippen LogP) is 7.64. The Morgan fingerprint density at radius 3 is 2.31 bits per heavy atom. The highest BCUT2D eigenvalue weighted by Gasteiger charge is 2.39. The topological polar surface area (TPSA) is 40.5 Å². The van der Waals surface area contributed by atoms with Gasteiger partial charge in [-0.1, -0.05) is 57.7 Å². The van der Waals surface area contributed by atoms with E-state index in [1.165, 1.54) is 23.3 Å². The van der Waals surface area contributed by atoms with Crippen molar-refractivity contribution in [1.29, 1.82) is 0 Å². The molecule has 0 aliphatic heterocycles. The first-order chi connectivity index (χ1) is 18.4. The van der Waals surface area contributed by atoms with Gasteiger partial charge in [0, 0.05) is 35.4 Å². The minimum atomic E-state index is -0.950. The lowest BCUT2D eigenvalue weighted by Crippen LogP contribution is -2.34. The van der Waals surface area contributed by atoms with Crippen molar-refractivity contribution < 1.29 is 14.3 Å².